The van der Waals surface area contributed by atoms with E-state index in [2.05, 4.69) is 10.2 Å². The molecule has 4 nitrogen and oxygen atoms in total. The predicted molar refractivity (Wildman–Crippen MR) is 88.8 cm³/mol. The van der Waals surface area contributed by atoms with Crippen LogP contribution in [-0.2, 0) is 11.2 Å². The lowest BCUT2D eigenvalue weighted by Crippen LogP contribution is -2.42. The van der Waals surface area contributed by atoms with Crippen LogP contribution < -0.4 is 11.1 Å². The second kappa shape index (κ2) is 12.0. The Morgan fingerprint density at radius 3 is 2.40 bits per heavy atom. The summed E-state index contributed by atoms with van der Waals surface area (Å²) in [5, 5.41) is 2.87. The maximum atomic E-state index is 11.7. The Bertz CT molecular complexity index is 361. The number of hydrogen-bond acceptors (Lipinski definition) is 3. The number of rotatable bonds is 7. The molecule has 1 aromatic carbocycles. The Morgan fingerprint density at radius 2 is 1.85 bits per heavy atom. The van der Waals surface area contributed by atoms with Gasteiger partial charge < -0.3 is 16.0 Å². The molecule has 3 N–H and O–H groups in total. The van der Waals surface area contributed by atoms with Gasteiger partial charge in [0.15, 0.2) is 0 Å². The van der Waals surface area contributed by atoms with E-state index in [4.69, 9.17) is 5.73 Å². The van der Waals surface area contributed by atoms with Crippen LogP contribution in [0.4, 0.5) is 0 Å². The smallest absolute Gasteiger partial charge is 0.237 e. The van der Waals surface area contributed by atoms with E-state index in [0.29, 0.717) is 13.0 Å². The maximum Gasteiger partial charge on any atom is 0.237 e. The zero-order valence-corrected chi connectivity index (χ0v) is 13.7. The number of nitrogens with one attached hydrogen (secondary N) is 1. The average molecular weight is 322 g/mol. The fourth-order valence-electron chi connectivity index (χ4n) is 1.70. The van der Waals surface area contributed by atoms with E-state index in [-0.39, 0.29) is 30.7 Å². The number of carbonyl (C=O) groups excluding carboxylic acids is 1. The first-order valence-corrected chi connectivity index (χ1v) is 6.31. The summed E-state index contributed by atoms with van der Waals surface area (Å²) in [4.78, 5) is 13.8. The van der Waals surface area contributed by atoms with Crippen molar-refractivity contribution in [2.24, 2.45) is 5.73 Å². The number of halogens is 2. The Morgan fingerprint density at radius 1 is 1.25 bits per heavy atom. The third kappa shape index (κ3) is 9.15. The molecule has 0 aromatic heterocycles. The third-order valence-electron chi connectivity index (χ3n) is 2.72. The van der Waals surface area contributed by atoms with E-state index < -0.39 is 6.04 Å². The van der Waals surface area contributed by atoms with Crippen LogP contribution in [0, 0.1) is 0 Å². The van der Waals surface area contributed by atoms with Crippen molar-refractivity contribution in [2.45, 2.75) is 18.9 Å². The monoisotopic (exact) mass is 321 g/mol. The molecule has 0 aliphatic rings. The second-order valence-electron chi connectivity index (χ2n) is 4.74. The van der Waals surface area contributed by atoms with Gasteiger partial charge in [0.1, 0.15) is 0 Å². The van der Waals surface area contributed by atoms with Crippen molar-refractivity contribution in [2.75, 3.05) is 27.2 Å². The Balaban J connectivity index is 0. The fourth-order valence-corrected chi connectivity index (χ4v) is 1.70. The Kier molecular flexibility index (Phi) is 12.9. The lowest BCUT2D eigenvalue weighted by molar-refractivity contribution is -0.122. The summed E-state index contributed by atoms with van der Waals surface area (Å²) in [5.41, 5.74) is 6.96. The first kappa shape index (κ1) is 21.5. The largest absolute Gasteiger partial charge is 0.355 e. The van der Waals surface area contributed by atoms with Gasteiger partial charge in [0.05, 0.1) is 6.04 Å². The molecule has 0 spiro atoms. The van der Waals surface area contributed by atoms with E-state index >= 15 is 0 Å². The van der Waals surface area contributed by atoms with Gasteiger partial charge >= 0.3 is 0 Å². The molecule has 0 aliphatic carbocycles. The topological polar surface area (TPSA) is 58.4 Å². The molecule has 1 amide bonds. The number of benzene rings is 1. The lowest BCUT2D eigenvalue weighted by Gasteiger charge is -2.13. The number of nitrogens with zero attached hydrogens (tertiary/aromatic N) is 1. The van der Waals surface area contributed by atoms with Crippen molar-refractivity contribution in [3.8, 4) is 0 Å². The summed E-state index contributed by atoms with van der Waals surface area (Å²) in [7, 11) is 4.03. The summed E-state index contributed by atoms with van der Waals surface area (Å²) in [6.45, 7) is 1.65. The van der Waals surface area contributed by atoms with Gasteiger partial charge in [0.2, 0.25) is 5.91 Å². The molecule has 0 saturated carbocycles. The van der Waals surface area contributed by atoms with Crippen LogP contribution in [-0.4, -0.2) is 44.0 Å². The third-order valence-corrected chi connectivity index (χ3v) is 2.72. The number of amides is 1. The van der Waals surface area contributed by atoms with Crippen molar-refractivity contribution in [3.63, 3.8) is 0 Å². The van der Waals surface area contributed by atoms with Gasteiger partial charge in [-0.3, -0.25) is 4.79 Å². The van der Waals surface area contributed by atoms with Crippen LogP contribution in [0.2, 0.25) is 0 Å². The molecule has 0 heterocycles. The predicted octanol–water partition coefficient (Wildman–Crippen LogP) is 1.47. The number of hydrogen-bond donors (Lipinski definition) is 2. The molecule has 0 fully saturated rings. The average Bonchev–Trinajstić information content (AvgIpc) is 2.35. The minimum atomic E-state index is -0.466. The molecule has 1 atom stereocenters. The zero-order chi connectivity index (χ0) is 13.4. The van der Waals surface area contributed by atoms with Gasteiger partial charge in [0.25, 0.3) is 0 Å². The standard InChI is InChI=1S/C14H23N3O.2ClH/c1-17(2)10-6-9-16-14(18)13(15)11-12-7-4-3-5-8-12;;/h3-5,7-8,13H,6,9-11,15H2,1-2H3,(H,16,18);2*1H. The molecule has 0 aliphatic heterocycles. The van der Waals surface area contributed by atoms with Crippen LogP contribution in [0.25, 0.3) is 0 Å². The quantitative estimate of drug-likeness (QED) is 0.748. The summed E-state index contributed by atoms with van der Waals surface area (Å²) in [5.74, 6) is -0.0717. The van der Waals surface area contributed by atoms with Gasteiger partial charge in [-0.1, -0.05) is 30.3 Å². The minimum absolute atomic E-state index is 0. The van der Waals surface area contributed by atoms with E-state index in [1.165, 1.54) is 0 Å². The van der Waals surface area contributed by atoms with Crippen LogP contribution in [0.15, 0.2) is 30.3 Å². The zero-order valence-electron chi connectivity index (χ0n) is 12.0. The molecule has 6 heteroatoms. The van der Waals surface area contributed by atoms with Gasteiger partial charge in [-0.2, -0.15) is 0 Å². The van der Waals surface area contributed by atoms with E-state index in [1.807, 2.05) is 44.4 Å². The molecule has 116 valence electrons. The Hall–Kier alpha value is -0.810. The first-order valence-electron chi connectivity index (χ1n) is 6.31. The van der Waals surface area contributed by atoms with Crippen molar-refractivity contribution in [3.05, 3.63) is 35.9 Å². The van der Waals surface area contributed by atoms with E-state index in [1.54, 1.807) is 0 Å². The highest BCUT2D eigenvalue weighted by Gasteiger charge is 2.12. The maximum absolute atomic E-state index is 11.7. The van der Waals surface area contributed by atoms with Crippen LogP contribution in [0.5, 0.6) is 0 Å². The van der Waals surface area contributed by atoms with Crippen LogP contribution >= 0.6 is 24.8 Å². The second-order valence-corrected chi connectivity index (χ2v) is 4.74. The Labute approximate surface area is 133 Å². The summed E-state index contributed by atoms with van der Waals surface area (Å²) in [6.07, 6.45) is 1.52. The van der Waals surface area contributed by atoms with Crippen LogP contribution in [0.3, 0.4) is 0 Å². The SMILES string of the molecule is CN(C)CCCNC(=O)C(N)Cc1ccccc1.Cl.Cl. The van der Waals surface area contributed by atoms with E-state index in [9.17, 15) is 4.79 Å². The highest BCUT2D eigenvalue weighted by molar-refractivity contribution is 5.85. The molecule has 0 bridgehead atoms. The molecule has 1 aromatic rings. The number of carbonyl (C=O) groups is 1. The normalized spacial score (nSPS) is 11.2. The summed E-state index contributed by atoms with van der Waals surface area (Å²) < 4.78 is 0. The molecule has 0 saturated heterocycles. The van der Waals surface area contributed by atoms with Gasteiger partial charge in [0, 0.05) is 6.54 Å². The van der Waals surface area contributed by atoms with Gasteiger partial charge in [-0.15, -0.1) is 24.8 Å². The van der Waals surface area contributed by atoms with Crippen molar-refractivity contribution in [1.82, 2.24) is 10.2 Å². The van der Waals surface area contributed by atoms with Gasteiger partial charge in [-0.05, 0) is 39.0 Å². The fraction of sp³-hybridized carbons (Fsp3) is 0.500. The highest BCUT2D eigenvalue weighted by atomic mass is 35.5. The first-order chi connectivity index (χ1) is 8.59. The van der Waals surface area contributed by atoms with Crippen molar-refractivity contribution >= 4 is 30.7 Å². The molecular formula is C14H25Cl2N3O. The molecule has 1 rings (SSSR count). The van der Waals surface area contributed by atoms with Crippen molar-refractivity contribution in [1.29, 1.82) is 0 Å². The van der Waals surface area contributed by atoms with Gasteiger partial charge in [-0.25, -0.2) is 0 Å². The van der Waals surface area contributed by atoms with Crippen molar-refractivity contribution < 1.29 is 4.79 Å². The molecular weight excluding hydrogens is 297 g/mol. The summed E-state index contributed by atoms with van der Waals surface area (Å²) in [6, 6.07) is 9.37. The lowest BCUT2D eigenvalue weighted by atomic mass is 10.1. The minimum Gasteiger partial charge on any atom is -0.355 e. The highest BCUT2D eigenvalue weighted by Crippen LogP contribution is 2.01. The molecule has 1 unspecified atom stereocenters. The number of nitrogens with two attached hydrogens (primary N) is 1. The molecule has 0 radical (unpaired) electrons. The van der Waals surface area contributed by atoms with Crippen LogP contribution in [0.1, 0.15) is 12.0 Å². The summed E-state index contributed by atoms with van der Waals surface area (Å²) >= 11 is 0. The molecule has 20 heavy (non-hydrogen) atoms. The van der Waals surface area contributed by atoms with E-state index in [0.717, 1.165) is 18.5 Å².